The molecule has 0 fully saturated rings. The summed E-state index contributed by atoms with van der Waals surface area (Å²) in [5, 5.41) is 19.1. The van der Waals surface area contributed by atoms with Crippen molar-refractivity contribution in [2.45, 2.75) is 26.4 Å². The number of hydrogen-bond donors (Lipinski definition) is 3. The fourth-order valence-corrected chi connectivity index (χ4v) is 2.98. The number of benzene rings is 1. The average molecular weight is 344 g/mol. The van der Waals surface area contributed by atoms with E-state index in [1.807, 2.05) is 18.7 Å². The van der Waals surface area contributed by atoms with Crippen LogP contribution in [-0.4, -0.2) is 40.3 Å². The third-order valence-corrected chi connectivity index (χ3v) is 4.05. The first-order valence-electron chi connectivity index (χ1n) is 8.17. The Hall–Kier alpha value is -3.03. The predicted molar refractivity (Wildman–Crippen MR) is 91.0 cm³/mol. The number of rotatable bonds is 6. The molecule has 0 bridgehead atoms. The van der Waals surface area contributed by atoms with E-state index in [0.717, 1.165) is 6.42 Å². The monoisotopic (exact) mass is 344 g/mol. The van der Waals surface area contributed by atoms with Crippen molar-refractivity contribution in [3.05, 3.63) is 41.1 Å². The molecule has 1 aromatic carbocycles. The van der Waals surface area contributed by atoms with Crippen molar-refractivity contribution < 1.29 is 19.4 Å². The number of carbonyl (C=O) groups is 2. The van der Waals surface area contributed by atoms with Gasteiger partial charge in [0, 0.05) is 12.1 Å². The SMILES string of the molecule is CCCN1c2[nH]ncc2C(=O)NC1c1cc(C(=O)O)ccc1OCC. The second-order valence-corrected chi connectivity index (χ2v) is 5.69. The van der Waals surface area contributed by atoms with E-state index >= 15 is 0 Å². The lowest BCUT2D eigenvalue weighted by Crippen LogP contribution is -2.47. The summed E-state index contributed by atoms with van der Waals surface area (Å²) in [6.07, 6.45) is 1.79. The topological polar surface area (TPSA) is 108 Å². The molecule has 3 N–H and O–H groups in total. The standard InChI is InChI=1S/C17H20N4O4/c1-3-7-21-14(19-16(22)12-9-18-20-15(12)21)11-8-10(17(23)24)5-6-13(11)25-4-2/h5-6,8-9,14H,3-4,7H2,1-2H3,(H,18,20)(H,19,22)(H,23,24). The molecule has 8 heteroatoms. The van der Waals surface area contributed by atoms with Gasteiger partial charge in [0.1, 0.15) is 23.3 Å². The molecule has 132 valence electrons. The summed E-state index contributed by atoms with van der Waals surface area (Å²) in [5.74, 6) is -0.124. The maximum Gasteiger partial charge on any atom is 0.335 e. The van der Waals surface area contributed by atoms with Crippen molar-refractivity contribution in [3.8, 4) is 5.75 Å². The summed E-state index contributed by atoms with van der Waals surface area (Å²) in [5.41, 5.74) is 1.21. The van der Waals surface area contributed by atoms with Gasteiger partial charge in [-0.3, -0.25) is 9.89 Å². The van der Waals surface area contributed by atoms with Crippen LogP contribution < -0.4 is 15.0 Å². The van der Waals surface area contributed by atoms with Gasteiger partial charge >= 0.3 is 5.97 Å². The minimum absolute atomic E-state index is 0.138. The quantitative estimate of drug-likeness (QED) is 0.741. The van der Waals surface area contributed by atoms with E-state index in [1.165, 1.54) is 12.3 Å². The third kappa shape index (κ3) is 3.02. The molecule has 25 heavy (non-hydrogen) atoms. The molecule has 1 unspecified atom stereocenters. The normalized spacial score (nSPS) is 16.3. The van der Waals surface area contributed by atoms with Crippen molar-refractivity contribution in [3.63, 3.8) is 0 Å². The summed E-state index contributed by atoms with van der Waals surface area (Å²) in [7, 11) is 0. The van der Waals surface area contributed by atoms with E-state index < -0.39 is 12.1 Å². The van der Waals surface area contributed by atoms with Crippen LogP contribution >= 0.6 is 0 Å². The Morgan fingerprint density at radius 1 is 1.40 bits per heavy atom. The van der Waals surface area contributed by atoms with Crippen LogP contribution in [0.25, 0.3) is 0 Å². The lowest BCUT2D eigenvalue weighted by Gasteiger charge is -2.37. The third-order valence-electron chi connectivity index (χ3n) is 4.05. The highest BCUT2D eigenvalue weighted by Crippen LogP contribution is 2.36. The van der Waals surface area contributed by atoms with Gasteiger partial charge in [0.25, 0.3) is 5.91 Å². The Labute approximate surface area is 144 Å². The van der Waals surface area contributed by atoms with Crippen LogP contribution in [-0.2, 0) is 0 Å². The van der Waals surface area contributed by atoms with Crippen LogP contribution in [0, 0.1) is 0 Å². The number of carboxylic acid groups (broad SMARTS) is 1. The zero-order valence-electron chi connectivity index (χ0n) is 14.1. The molecule has 2 heterocycles. The van der Waals surface area contributed by atoms with Crippen LogP contribution in [0.2, 0.25) is 0 Å². The number of carbonyl (C=O) groups excluding carboxylic acids is 1. The number of H-pyrrole nitrogens is 1. The van der Waals surface area contributed by atoms with Gasteiger partial charge in [-0.25, -0.2) is 4.79 Å². The van der Waals surface area contributed by atoms with Gasteiger partial charge in [0.15, 0.2) is 0 Å². The van der Waals surface area contributed by atoms with Gasteiger partial charge < -0.3 is 20.1 Å². The van der Waals surface area contributed by atoms with Crippen LogP contribution in [0.5, 0.6) is 5.75 Å². The van der Waals surface area contributed by atoms with E-state index in [9.17, 15) is 14.7 Å². The Balaban J connectivity index is 2.11. The number of hydrogen-bond acceptors (Lipinski definition) is 5. The lowest BCUT2D eigenvalue weighted by molar-refractivity contribution is 0.0696. The van der Waals surface area contributed by atoms with Gasteiger partial charge in [0.05, 0.1) is 18.4 Å². The number of aromatic carboxylic acids is 1. The maximum atomic E-state index is 12.4. The van der Waals surface area contributed by atoms with Gasteiger partial charge in [0.2, 0.25) is 0 Å². The minimum atomic E-state index is -1.03. The first-order valence-corrected chi connectivity index (χ1v) is 8.17. The molecule has 1 aliphatic heterocycles. The van der Waals surface area contributed by atoms with Crippen LogP contribution in [0.1, 0.15) is 52.7 Å². The smallest absolute Gasteiger partial charge is 0.335 e. The molecular formula is C17H20N4O4. The Kier molecular flexibility index (Phi) is 4.60. The first kappa shape index (κ1) is 16.8. The minimum Gasteiger partial charge on any atom is -0.493 e. The number of fused-ring (bicyclic) bond motifs is 1. The number of nitrogens with one attached hydrogen (secondary N) is 2. The molecule has 1 aliphatic rings. The Morgan fingerprint density at radius 3 is 2.88 bits per heavy atom. The van der Waals surface area contributed by atoms with Gasteiger partial charge in [-0.2, -0.15) is 5.10 Å². The van der Waals surface area contributed by atoms with E-state index in [4.69, 9.17) is 4.74 Å². The predicted octanol–water partition coefficient (Wildman–Crippen LogP) is 2.17. The number of carboxylic acids is 1. The van der Waals surface area contributed by atoms with Crippen molar-refractivity contribution in [2.75, 3.05) is 18.1 Å². The molecule has 3 rings (SSSR count). The molecule has 8 nitrogen and oxygen atoms in total. The molecule has 0 saturated carbocycles. The van der Waals surface area contributed by atoms with Crippen molar-refractivity contribution >= 4 is 17.7 Å². The molecule has 0 aliphatic carbocycles. The van der Waals surface area contributed by atoms with Crippen molar-refractivity contribution in [1.82, 2.24) is 15.5 Å². The number of ether oxygens (including phenoxy) is 1. The number of amides is 1. The van der Waals surface area contributed by atoms with Crippen LogP contribution in [0.3, 0.4) is 0 Å². The first-order chi connectivity index (χ1) is 12.1. The Bertz CT molecular complexity index is 802. The number of nitrogens with zero attached hydrogens (tertiary/aromatic N) is 2. The molecule has 0 radical (unpaired) electrons. The number of aromatic amines is 1. The zero-order chi connectivity index (χ0) is 18.0. The number of aromatic nitrogens is 2. The summed E-state index contributed by atoms with van der Waals surface area (Å²) in [4.78, 5) is 25.8. The van der Waals surface area contributed by atoms with Crippen molar-refractivity contribution in [1.29, 1.82) is 0 Å². The molecule has 0 spiro atoms. The van der Waals surface area contributed by atoms with Gasteiger partial charge in [-0.15, -0.1) is 0 Å². The summed E-state index contributed by atoms with van der Waals surface area (Å²) >= 11 is 0. The second kappa shape index (κ2) is 6.84. The van der Waals surface area contributed by atoms with Crippen LogP contribution in [0.4, 0.5) is 5.82 Å². The van der Waals surface area contributed by atoms with Gasteiger partial charge in [-0.1, -0.05) is 6.92 Å². The van der Waals surface area contributed by atoms with Crippen molar-refractivity contribution in [2.24, 2.45) is 0 Å². The summed E-state index contributed by atoms with van der Waals surface area (Å²) < 4.78 is 5.66. The molecule has 1 amide bonds. The lowest BCUT2D eigenvalue weighted by atomic mass is 10.0. The molecule has 0 saturated heterocycles. The van der Waals surface area contributed by atoms with E-state index in [2.05, 4.69) is 15.5 Å². The fraction of sp³-hybridized carbons (Fsp3) is 0.353. The van der Waals surface area contributed by atoms with E-state index in [-0.39, 0.29) is 11.5 Å². The maximum absolute atomic E-state index is 12.4. The fourth-order valence-electron chi connectivity index (χ4n) is 2.98. The Morgan fingerprint density at radius 2 is 2.20 bits per heavy atom. The van der Waals surface area contributed by atoms with E-state index in [0.29, 0.717) is 35.8 Å². The van der Waals surface area contributed by atoms with E-state index in [1.54, 1.807) is 12.1 Å². The highest BCUT2D eigenvalue weighted by molar-refractivity contribution is 6.01. The summed E-state index contributed by atoms with van der Waals surface area (Å²) in [6.45, 7) is 4.97. The summed E-state index contributed by atoms with van der Waals surface area (Å²) in [6, 6.07) is 4.66. The highest BCUT2D eigenvalue weighted by Gasteiger charge is 2.34. The molecule has 2 aromatic rings. The molecule has 1 aromatic heterocycles. The molecule has 1 atom stereocenters. The van der Waals surface area contributed by atoms with Gasteiger partial charge in [-0.05, 0) is 31.5 Å². The number of anilines is 1. The molecular weight excluding hydrogens is 324 g/mol. The second-order valence-electron chi connectivity index (χ2n) is 5.69. The highest BCUT2D eigenvalue weighted by atomic mass is 16.5. The average Bonchev–Trinajstić information content (AvgIpc) is 3.08. The largest absolute Gasteiger partial charge is 0.493 e. The van der Waals surface area contributed by atoms with Crippen LogP contribution in [0.15, 0.2) is 24.4 Å². The zero-order valence-corrected chi connectivity index (χ0v) is 14.1.